The molecule has 0 spiro atoms. The molecule has 1 fully saturated rings. The van der Waals surface area contributed by atoms with Crippen molar-refractivity contribution in [1.29, 1.82) is 0 Å². The number of hydrogen-bond acceptors (Lipinski definition) is 3. The van der Waals surface area contributed by atoms with Crippen LogP contribution in [0, 0.1) is 0 Å². The molecule has 0 saturated carbocycles. The summed E-state index contributed by atoms with van der Waals surface area (Å²) in [6.45, 7) is 3.77. The number of carbonyl (C=O) groups excluding carboxylic acids is 2. The lowest BCUT2D eigenvalue weighted by Crippen LogP contribution is -2.47. The van der Waals surface area contributed by atoms with Crippen LogP contribution < -0.4 is 16.0 Å². The van der Waals surface area contributed by atoms with Crippen LogP contribution in [-0.4, -0.2) is 30.4 Å². The van der Waals surface area contributed by atoms with Crippen molar-refractivity contribution in [2.24, 2.45) is 0 Å². The lowest BCUT2D eigenvalue weighted by atomic mass is 10.0. The number of carbonyl (C=O) groups is 2. The number of hydrogen-bond donors (Lipinski definition) is 3. The molecular formula is C14H17N3O2. The minimum atomic E-state index is -0.176. The van der Waals surface area contributed by atoms with E-state index in [1.807, 2.05) is 6.92 Å². The van der Waals surface area contributed by atoms with Gasteiger partial charge in [0.05, 0.1) is 12.0 Å². The Morgan fingerprint density at radius 3 is 3.00 bits per heavy atom. The van der Waals surface area contributed by atoms with E-state index in [4.69, 9.17) is 0 Å². The van der Waals surface area contributed by atoms with Crippen LogP contribution in [0.5, 0.6) is 0 Å². The van der Waals surface area contributed by atoms with Crippen LogP contribution in [0.2, 0.25) is 0 Å². The standard InChI is InChI=1S/C14H17N3O2/c1-14(4-5-15-8-14)17-13(19)9-2-3-11-10(6-9)7-12(18)16-11/h2-3,6,15H,4-5,7-8H2,1H3,(H,16,18)(H,17,19). The van der Waals surface area contributed by atoms with Gasteiger partial charge in [-0.25, -0.2) is 0 Å². The molecule has 1 saturated heterocycles. The van der Waals surface area contributed by atoms with Crippen LogP contribution in [-0.2, 0) is 11.2 Å². The third-order valence-electron chi connectivity index (χ3n) is 3.78. The Morgan fingerprint density at radius 2 is 2.26 bits per heavy atom. The molecule has 100 valence electrons. The molecule has 1 atom stereocenters. The molecule has 2 amide bonds. The second kappa shape index (κ2) is 4.35. The van der Waals surface area contributed by atoms with E-state index in [1.165, 1.54) is 0 Å². The quantitative estimate of drug-likeness (QED) is 0.731. The van der Waals surface area contributed by atoms with Crippen molar-refractivity contribution in [2.75, 3.05) is 18.4 Å². The Labute approximate surface area is 111 Å². The summed E-state index contributed by atoms with van der Waals surface area (Å²) in [5.41, 5.74) is 2.15. The van der Waals surface area contributed by atoms with Gasteiger partial charge in [0.25, 0.3) is 5.91 Å². The van der Waals surface area contributed by atoms with Gasteiger partial charge in [-0.15, -0.1) is 0 Å². The first kappa shape index (κ1) is 12.2. The van der Waals surface area contributed by atoms with E-state index < -0.39 is 0 Å². The van der Waals surface area contributed by atoms with E-state index in [1.54, 1.807) is 18.2 Å². The van der Waals surface area contributed by atoms with Crippen molar-refractivity contribution in [3.8, 4) is 0 Å². The first-order valence-electron chi connectivity index (χ1n) is 6.52. The Kier molecular flexibility index (Phi) is 2.78. The van der Waals surface area contributed by atoms with Crippen molar-refractivity contribution in [3.63, 3.8) is 0 Å². The topological polar surface area (TPSA) is 70.2 Å². The zero-order valence-electron chi connectivity index (χ0n) is 10.9. The fourth-order valence-electron chi connectivity index (χ4n) is 2.64. The average molecular weight is 259 g/mol. The summed E-state index contributed by atoms with van der Waals surface area (Å²) in [5, 5.41) is 9.08. The smallest absolute Gasteiger partial charge is 0.251 e. The van der Waals surface area contributed by atoms with Gasteiger partial charge in [0.1, 0.15) is 0 Å². The monoisotopic (exact) mass is 259 g/mol. The van der Waals surface area contributed by atoms with E-state index >= 15 is 0 Å². The third kappa shape index (κ3) is 2.33. The lowest BCUT2D eigenvalue weighted by molar-refractivity contribution is -0.115. The maximum atomic E-state index is 12.2. The Hall–Kier alpha value is -1.88. The molecule has 0 aliphatic carbocycles. The van der Waals surface area contributed by atoms with Crippen LogP contribution in [0.4, 0.5) is 5.69 Å². The van der Waals surface area contributed by atoms with Crippen LogP contribution in [0.25, 0.3) is 0 Å². The normalized spacial score (nSPS) is 25.0. The molecule has 2 heterocycles. The number of amides is 2. The van der Waals surface area contributed by atoms with Gasteiger partial charge in [-0.05, 0) is 43.7 Å². The third-order valence-corrected chi connectivity index (χ3v) is 3.78. The zero-order valence-corrected chi connectivity index (χ0v) is 10.9. The average Bonchev–Trinajstić information content (AvgIpc) is 2.93. The molecule has 3 N–H and O–H groups in total. The van der Waals surface area contributed by atoms with Gasteiger partial charge in [-0.3, -0.25) is 9.59 Å². The summed E-state index contributed by atoms with van der Waals surface area (Å²) in [6, 6.07) is 5.35. The van der Waals surface area contributed by atoms with Crippen LogP contribution >= 0.6 is 0 Å². The molecule has 5 nitrogen and oxygen atoms in total. The number of fused-ring (bicyclic) bond motifs is 1. The molecule has 0 radical (unpaired) electrons. The summed E-state index contributed by atoms with van der Waals surface area (Å²) >= 11 is 0. The summed E-state index contributed by atoms with van der Waals surface area (Å²) in [6.07, 6.45) is 1.29. The van der Waals surface area contributed by atoms with Crippen LogP contribution in [0.1, 0.15) is 29.3 Å². The molecule has 0 aromatic heterocycles. The Balaban J connectivity index is 1.77. The summed E-state index contributed by atoms with van der Waals surface area (Å²) in [4.78, 5) is 23.5. The van der Waals surface area contributed by atoms with Crippen molar-refractivity contribution in [2.45, 2.75) is 25.3 Å². The van der Waals surface area contributed by atoms with E-state index in [-0.39, 0.29) is 17.4 Å². The first-order chi connectivity index (χ1) is 9.06. The Morgan fingerprint density at radius 1 is 1.42 bits per heavy atom. The van der Waals surface area contributed by atoms with Gasteiger partial charge in [0.2, 0.25) is 5.91 Å². The van der Waals surface area contributed by atoms with Crippen molar-refractivity contribution >= 4 is 17.5 Å². The van der Waals surface area contributed by atoms with Gasteiger partial charge in [0.15, 0.2) is 0 Å². The second-order valence-electron chi connectivity index (χ2n) is 5.54. The zero-order chi connectivity index (χ0) is 13.5. The SMILES string of the molecule is CC1(NC(=O)c2ccc3c(c2)CC(=O)N3)CCNC1. The molecular weight excluding hydrogens is 242 g/mol. The van der Waals surface area contributed by atoms with E-state index in [2.05, 4.69) is 16.0 Å². The fourth-order valence-corrected chi connectivity index (χ4v) is 2.64. The fraction of sp³-hybridized carbons (Fsp3) is 0.429. The highest BCUT2D eigenvalue weighted by atomic mass is 16.2. The van der Waals surface area contributed by atoms with Crippen LogP contribution in [0.15, 0.2) is 18.2 Å². The van der Waals surface area contributed by atoms with E-state index in [0.29, 0.717) is 12.0 Å². The van der Waals surface area contributed by atoms with Crippen molar-refractivity contribution in [3.05, 3.63) is 29.3 Å². The highest BCUT2D eigenvalue weighted by molar-refractivity contribution is 6.01. The van der Waals surface area contributed by atoms with Crippen LogP contribution in [0.3, 0.4) is 0 Å². The summed E-state index contributed by atoms with van der Waals surface area (Å²) in [5.74, 6) is -0.0899. The molecule has 5 heteroatoms. The van der Waals surface area contributed by atoms with Gasteiger partial charge in [-0.1, -0.05) is 0 Å². The molecule has 0 bridgehead atoms. The largest absolute Gasteiger partial charge is 0.346 e. The number of nitrogens with one attached hydrogen (secondary N) is 3. The molecule has 1 aromatic carbocycles. The first-order valence-corrected chi connectivity index (χ1v) is 6.52. The number of benzene rings is 1. The van der Waals surface area contributed by atoms with E-state index in [0.717, 1.165) is 30.8 Å². The predicted octanol–water partition coefficient (Wildman–Crippen LogP) is 0.663. The van der Waals surface area contributed by atoms with Gasteiger partial charge >= 0.3 is 0 Å². The van der Waals surface area contributed by atoms with Gasteiger partial charge in [-0.2, -0.15) is 0 Å². The van der Waals surface area contributed by atoms with Crippen molar-refractivity contribution < 1.29 is 9.59 Å². The van der Waals surface area contributed by atoms with Crippen molar-refractivity contribution in [1.82, 2.24) is 10.6 Å². The molecule has 3 rings (SSSR count). The predicted molar refractivity (Wildman–Crippen MR) is 72.1 cm³/mol. The lowest BCUT2D eigenvalue weighted by Gasteiger charge is -2.24. The minimum Gasteiger partial charge on any atom is -0.346 e. The molecule has 1 unspecified atom stereocenters. The molecule has 2 aliphatic rings. The maximum absolute atomic E-state index is 12.2. The number of anilines is 1. The Bertz CT molecular complexity index is 548. The summed E-state index contributed by atoms with van der Waals surface area (Å²) in [7, 11) is 0. The molecule has 2 aliphatic heterocycles. The number of rotatable bonds is 2. The van der Waals surface area contributed by atoms with Gasteiger partial charge in [0, 0.05) is 17.8 Å². The highest BCUT2D eigenvalue weighted by Crippen LogP contribution is 2.24. The minimum absolute atomic E-state index is 0.0143. The second-order valence-corrected chi connectivity index (χ2v) is 5.54. The summed E-state index contributed by atoms with van der Waals surface area (Å²) < 4.78 is 0. The maximum Gasteiger partial charge on any atom is 0.251 e. The van der Waals surface area contributed by atoms with E-state index in [9.17, 15) is 9.59 Å². The molecule has 1 aromatic rings. The van der Waals surface area contributed by atoms with Gasteiger partial charge < -0.3 is 16.0 Å². The highest BCUT2D eigenvalue weighted by Gasteiger charge is 2.30. The molecule has 19 heavy (non-hydrogen) atoms.